The molecule has 1 aromatic heterocycles. The van der Waals surface area contributed by atoms with Gasteiger partial charge in [0.05, 0.1) is 12.6 Å². The summed E-state index contributed by atoms with van der Waals surface area (Å²) in [5.74, 6) is 5.16. The molecule has 0 aliphatic carbocycles. The van der Waals surface area contributed by atoms with Gasteiger partial charge in [-0.25, -0.2) is 9.37 Å². The number of hydrogen-bond acceptors (Lipinski definition) is 6. The minimum absolute atomic E-state index is 0.0625. The molecule has 7 nitrogen and oxygen atoms in total. The van der Waals surface area contributed by atoms with Crippen molar-refractivity contribution >= 4 is 5.91 Å². The number of rotatable bonds is 6. The predicted molar refractivity (Wildman–Crippen MR) is 131 cm³/mol. The maximum Gasteiger partial charge on any atom is 0.259 e. The Kier molecular flexibility index (Phi) is 8.49. The first-order valence-electron chi connectivity index (χ1n) is 11.7. The zero-order chi connectivity index (χ0) is 25.8. The van der Waals surface area contributed by atoms with Gasteiger partial charge >= 0.3 is 0 Å². The second-order valence-corrected chi connectivity index (χ2v) is 9.84. The molecular weight excluding hydrogens is 449 g/mol. The molecule has 0 spiro atoms. The molecule has 3 atom stereocenters. The number of carbonyl (C=O) groups is 1. The third kappa shape index (κ3) is 7.25. The van der Waals surface area contributed by atoms with Crippen LogP contribution in [0.15, 0.2) is 36.5 Å². The Bertz CT molecular complexity index is 1110. The van der Waals surface area contributed by atoms with E-state index >= 15 is 0 Å². The zero-order valence-electron chi connectivity index (χ0n) is 21.0. The number of hydrogen-bond donors (Lipinski definition) is 2. The summed E-state index contributed by atoms with van der Waals surface area (Å²) >= 11 is 0. The van der Waals surface area contributed by atoms with E-state index in [1.54, 1.807) is 37.8 Å². The van der Waals surface area contributed by atoms with Crippen LogP contribution in [0.1, 0.15) is 49.2 Å². The number of carbonyl (C=O) groups excluding carboxylic acids is 1. The summed E-state index contributed by atoms with van der Waals surface area (Å²) in [7, 11) is 1.93. The number of ether oxygens (including phenoxy) is 1. The summed E-state index contributed by atoms with van der Waals surface area (Å²) in [6.07, 6.45) is 1.21. The summed E-state index contributed by atoms with van der Waals surface area (Å²) in [5.41, 5.74) is 0.408. The minimum Gasteiger partial charge on any atom is -0.472 e. The number of nitrogens with zero attached hydrogens (tertiary/aromatic N) is 3. The van der Waals surface area contributed by atoms with Crippen LogP contribution in [-0.2, 0) is 6.54 Å². The number of aromatic nitrogens is 1. The number of aliphatic hydroxyl groups excluding tert-OH is 1. The average molecular weight is 484 g/mol. The Hall–Kier alpha value is -2.99. The van der Waals surface area contributed by atoms with Gasteiger partial charge in [0.25, 0.3) is 5.91 Å². The van der Waals surface area contributed by atoms with Crippen molar-refractivity contribution in [2.24, 2.45) is 5.92 Å². The van der Waals surface area contributed by atoms with Crippen LogP contribution in [0.4, 0.5) is 4.39 Å². The molecule has 0 saturated heterocycles. The Labute approximate surface area is 206 Å². The van der Waals surface area contributed by atoms with Crippen LogP contribution in [0.3, 0.4) is 0 Å². The molecule has 8 heteroatoms. The van der Waals surface area contributed by atoms with Gasteiger partial charge < -0.3 is 19.8 Å². The normalized spacial score (nSPS) is 19.2. The second-order valence-electron chi connectivity index (χ2n) is 9.84. The third-order valence-electron chi connectivity index (χ3n) is 5.87. The molecule has 2 heterocycles. The lowest BCUT2D eigenvalue weighted by molar-refractivity contribution is 0.0325. The van der Waals surface area contributed by atoms with E-state index in [0.717, 1.165) is 5.56 Å². The van der Waals surface area contributed by atoms with E-state index in [0.29, 0.717) is 25.2 Å². The fourth-order valence-corrected chi connectivity index (χ4v) is 3.93. The number of fused-ring (bicyclic) bond motifs is 1. The molecule has 2 N–H and O–H groups in total. The van der Waals surface area contributed by atoms with E-state index in [9.17, 15) is 19.4 Å². The monoisotopic (exact) mass is 483 g/mol. The third-order valence-corrected chi connectivity index (χ3v) is 5.87. The number of pyridine rings is 1. The van der Waals surface area contributed by atoms with Gasteiger partial charge in [-0.2, -0.15) is 0 Å². The Balaban J connectivity index is 1.92. The molecular formula is C27H34FN3O4. The zero-order valence-corrected chi connectivity index (χ0v) is 21.0. The van der Waals surface area contributed by atoms with Crippen molar-refractivity contribution in [3.05, 3.63) is 59.0 Å². The standard InChI is InChI=1S/C27H34FN3O4/c1-18-14-31(19(2)17-32)26(33)23-12-20(9-10-27(3,4)34)13-29-25(23)35-24(18)16-30(5)15-21-7-6-8-22(28)11-21/h6-8,11-13,18-19,24,32,34H,14-17H2,1-5H3/t18-,19+,24-/m1/s1. The van der Waals surface area contributed by atoms with Crippen molar-refractivity contribution in [3.63, 3.8) is 0 Å². The largest absolute Gasteiger partial charge is 0.472 e. The van der Waals surface area contributed by atoms with Crippen LogP contribution in [0.2, 0.25) is 0 Å². The van der Waals surface area contributed by atoms with Gasteiger partial charge in [0.15, 0.2) is 0 Å². The lowest BCUT2D eigenvalue weighted by atomic mass is 9.99. The number of aliphatic hydroxyl groups is 2. The molecule has 0 unspecified atom stereocenters. The molecule has 1 aliphatic rings. The average Bonchev–Trinajstić information content (AvgIpc) is 2.79. The molecule has 2 aromatic rings. The summed E-state index contributed by atoms with van der Waals surface area (Å²) < 4.78 is 19.9. The van der Waals surface area contributed by atoms with Crippen LogP contribution in [0.5, 0.6) is 5.88 Å². The van der Waals surface area contributed by atoms with E-state index in [2.05, 4.69) is 16.8 Å². The number of likely N-dealkylation sites (N-methyl/N-ethyl adjacent to an activating group) is 1. The van der Waals surface area contributed by atoms with Gasteiger partial charge in [0, 0.05) is 37.3 Å². The van der Waals surface area contributed by atoms with Crippen LogP contribution >= 0.6 is 0 Å². The predicted octanol–water partition coefficient (Wildman–Crippen LogP) is 2.70. The molecule has 35 heavy (non-hydrogen) atoms. The van der Waals surface area contributed by atoms with Gasteiger partial charge in [-0.05, 0) is 51.6 Å². The van der Waals surface area contributed by atoms with Gasteiger partial charge in [-0.1, -0.05) is 30.9 Å². The Morgan fingerprint density at radius 3 is 2.77 bits per heavy atom. The lowest BCUT2D eigenvalue weighted by Gasteiger charge is -2.37. The summed E-state index contributed by atoms with van der Waals surface area (Å²) in [6, 6.07) is 7.71. The smallest absolute Gasteiger partial charge is 0.259 e. The molecule has 1 aromatic carbocycles. The topological polar surface area (TPSA) is 86.1 Å². The highest BCUT2D eigenvalue weighted by Gasteiger charge is 2.34. The molecule has 0 bridgehead atoms. The Morgan fingerprint density at radius 1 is 1.37 bits per heavy atom. The fourth-order valence-electron chi connectivity index (χ4n) is 3.93. The fraction of sp³-hybridized carbons (Fsp3) is 0.481. The molecule has 188 valence electrons. The minimum atomic E-state index is -1.19. The molecule has 0 radical (unpaired) electrons. The first-order chi connectivity index (χ1) is 16.5. The van der Waals surface area contributed by atoms with Crippen molar-refractivity contribution in [3.8, 4) is 17.7 Å². The van der Waals surface area contributed by atoms with Crippen LogP contribution < -0.4 is 4.74 Å². The number of halogens is 1. The van der Waals surface area contributed by atoms with Crippen molar-refractivity contribution in [1.29, 1.82) is 0 Å². The highest BCUT2D eigenvalue weighted by molar-refractivity contribution is 5.97. The van der Waals surface area contributed by atoms with Gasteiger partial charge in [-0.15, -0.1) is 0 Å². The van der Waals surface area contributed by atoms with E-state index in [-0.39, 0.29) is 41.8 Å². The number of benzene rings is 1. The number of amides is 1. The maximum atomic E-state index is 13.6. The summed E-state index contributed by atoms with van der Waals surface area (Å²) in [4.78, 5) is 21.5. The van der Waals surface area contributed by atoms with Crippen LogP contribution in [0, 0.1) is 23.6 Å². The van der Waals surface area contributed by atoms with E-state index in [4.69, 9.17) is 4.74 Å². The first kappa shape index (κ1) is 26.6. The van der Waals surface area contributed by atoms with Crippen molar-refractivity contribution in [1.82, 2.24) is 14.8 Å². The highest BCUT2D eigenvalue weighted by Crippen LogP contribution is 2.27. The van der Waals surface area contributed by atoms with Crippen molar-refractivity contribution in [2.75, 3.05) is 26.7 Å². The van der Waals surface area contributed by atoms with Crippen LogP contribution in [-0.4, -0.2) is 75.4 Å². The molecule has 0 fully saturated rings. The lowest BCUT2D eigenvalue weighted by Crippen LogP contribution is -2.49. The quantitative estimate of drug-likeness (QED) is 0.615. The summed E-state index contributed by atoms with van der Waals surface area (Å²) in [6.45, 7) is 8.21. The van der Waals surface area contributed by atoms with Gasteiger partial charge in [0.2, 0.25) is 5.88 Å². The van der Waals surface area contributed by atoms with E-state index in [1.807, 2.05) is 24.9 Å². The van der Waals surface area contributed by atoms with Crippen molar-refractivity contribution < 1.29 is 24.1 Å². The van der Waals surface area contributed by atoms with E-state index < -0.39 is 11.6 Å². The van der Waals surface area contributed by atoms with E-state index in [1.165, 1.54) is 18.3 Å². The first-order valence-corrected chi connectivity index (χ1v) is 11.7. The maximum absolute atomic E-state index is 13.6. The molecule has 1 amide bonds. The molecule has 0 saturated carbocycles. The SMILES string of the molecule is C[C@@H]1CN([C@@H](C)CO)C(=O)c2cc(C#CC(C)(C)O)cnc2O[C@@H]1CN(C)Cc1cccc(F)c1. The Morgan fingerprint density at radius 2 is 2.11 bits per heavy atom. The highest BCUT2D eigenvalue weighted by atomic mass is 19.1. The second kappa shape index (κ2) is 11.2. The summed E-state index contributed by atoms with van der Waals surface area (Å²) in [5, 5.41) is 19.7. The van der Waals surface area contributed by atoms with Gasteiger partial charge in [0.1, 0.15) is 23.1 Å². The van der Waals surface area contributed by atoms with Gasteiger partial charge in [-0.3, -0.25) is 9.69 Å². The van der Waals surface area contributed by atoms with Crippen molar-refractivity contribution in [2.45, 2.75) is 52.0 Å². The molecule has 1 aliphatic heterocycles. The van der Waals surface area contributed by atoms with Crippen LogP contribution in [0.25, 0.3) is 0 Å². The molecule has 3 rings (SSSR count).